The topological polar surface area (TPSA) is 64.4 Å². The Kier molecular flexibility index (Phi) is 4.65. The molecule has 6 heteroatoms. The van der Waals surface area contributed by atoms with E-state index in [2.05, 4.69) is 5.32 Å². The fourth-order valence-electron chi connectivity index (χ4n) is 1.99. The van der Waals surface area contributed by atoms with Gasteiger partial charge in [0.25, 0.3) is 5.69 Å². The summed E-state index contributed by atoms with van der Waals surface area (Å²) < 4.78 is 5.10. The number of hydrogen-bond donors (Lipinski definition) is 1. The zero-order valence-electron chi connectivity index (χ0n) is 11.7. The molecule has 0 aromatic heterocycles. The minimum Gasteiger partial charge on any atom is -0.495 e. The second-order valence-corrected chi connectivity index (χ2v) is 4.99. The number of benzene rings is 2. The van der Waals surface area contributed by atoms with Gasteiger partial charge in [-0.05, 0) is 36.8 Å². The molecule has 2 aromatic rings. The molecular weight excluding hydrogens is 292 g/mol. The molecule has 0 radical (unpaired) electrons. The Morgan fingerprint density at radius 2 is 2.05 bits per heavy atom. The van der Waals surface area contributed by atoms with Crippen LogP contribution in [0.15, 0.2) is 36.4 Å². The highest BCUT2D eigenvalue weighted by atomic mass is 35.5. The van der Waals surface area contributed by atoms with E-state index in [0.29, 0.717) is 22.9 Å². The van der Waals surface area contributed by atoms with Crippen LogP contribution in [-0.2, 0) is 6.54 Å². The maximum Gasteiger partial charge on any atom is 0.272 e. The molecule has 2 rings (SSSR count). The number of hydrogen-bond acceptors (Lipinski definition) is 4. The molecule has 0 spiro atoms. The molecule has 0 heterocycles. The molecule has 0 aliphatic heterocycles. The lowest BCUT2D eigenvalue weighted by molar-refractivity contribution is -0.385. The molecule has 110 valence electrons. The van der Waals surface area contributed by atoms with Gasteiger partial charge in [0.15, 0.2) is 0 Å². The molecule has 0 bridgehead atoms. The minimum atomic E-state index is -0.387. The predicted molar refractivity (Wildman–Crippen MR) is 83.2 cm³/mol. The number of aryl methyl sites for hydroxylation is 1. The Bertz CT molecular complexity index is 674. The molecule has 0 atom stereocenters. The second-order valence-electron chi connectivity index (χ2n) is 4.58. The molecule has 0 aliphatic carbocycles. The third kappa shape index (κ3) is 3.64. The van der Waals surface area contributed by atoms with Crippen molar-refractivity contribution in [3.8, 4) is 5.75 Å². The number of anilines is 1. The largest absolute Gasteiger partial charge is 0.495 e. The molecule has 1 N–H and O–H groups in total. The first-order valence-corrected chi connectivity index (χ1v) is 6.70. The van der Waals surface area contributed by atoms with Crippen LogP contribution < -0.4 is 10.1 Å². The average Bonchev–Trinajstić information content (AvgIpc) is 2.45. The summed E-state index contributed by atoms with van der Waals surface area (Å²) in [6, 6.07) is 10.5. The molecule has 0 unspecified atom stereocenters. The summed E-state index contributed by atoms with van der Waals surface area (Å²) in [4.78, 5) is 10.4. The van der Waals surface area contributed by atoms with Crippen LogP contribution in [-0.4, -0.2) is 12.0 Å². The van der Waals surface area contributed by atoms with Crippen LogP contribution in [0.5, 0.6) is 5.75 Å². The first-order valence-electron chi connectivity index (χ1n) is 6.32. The van der Waals surface area contributed by atoms with Crippen LogP contribution >= 0.6 is 11.6 Å². The third-order valence-corrected chi connectivity index (χ3v) is 3.40. The van der Waals surface area contributed by atoms with Gasteiger partial charge in [-0.1, -0.05) is 17.7 Å². The van der Waals surface area contributed by atoms with Gasteiger partial charge in [-0.15, -0.1) is 0 Å². The molecule has 2 aromatic carbocycles. The monoisotopic (exact) mass is 306 g/mol. The number of rotatable bonds is 5. The zero-order chi connectivity index (χ0) is 15.4. The summed E-state index contributed by atoms with van der Waals surface area (Å²) in [5.41, 5.74) is 2.56. The fraction of sp³-hybridized carbons (Fsp3) is 0.200. The van der Waals surface area contributed by atoms with Gasteiger partial charge in [0.05, 0.1) is 17.1 Å². The molecule has 0 amide bonds. The lowest BCUT2D eigenvalue weighted by Crippen LogP contribution is -2.01. The molecule has 0 fully saturated rings. The predicted octanol–water partition coefficient (Wildman–Crippen LogP) is 4.18. The summed E-state index contributed by atoms with van der Waals surface area (Å²) in [5.74, 6) is 0.631. The number of halogens is 1. The number of methoxy groups -OCH3 is 1. The van der Waals surface area contributed by atoms with Crippen molar-refractivity contribution in [2.45, 2.75) is 13.5 Å². The Morgan fingerprint density at radius 3 is 2.62 bits per heavy atom. The van der Waals surface area contributed by atoms with E-state index < -0.39 is 0 Å². The minimum absolute atomic E-state index is 0.119. The number of ether oxygens (including phenoxy) is 1. The van der Waals surface area contributed by atoms with Crippen LogP contribution in [0.3, 0.4) is 0 Å². The molecule has 5 nitrogen and oxygen atoms in total. The summed E-state index contributed by atoms with van der Waals surface area (Å²) in [7, 11) is 1.57. The van der Waals surface area contributed by atoms with Crippen LogP contribution in [0.25, 0.3) is 0 Å². The van der Waals surface area contributed by atoms with Gasteiger partial charge in [-0.25, -0.2) is 0 Å². The SMILES string of the molecule is COc1ccc(CNc2ccc([N+](=O)[O-])c(C)c2)cc1Cl. The Hall–Kier alpha value is -2.27. The van der Waals surface area contributed by atoms with Gasteiger partial charge in [-0.2, -0.15) is 0 Å². The van der Waals surface area contributed by atoms with Crippen LogP contribution in [0.4, 0.5) is 11.4 Å². The maximum atomic E-state index is 10.8. The van der Waals surface area contributed by atoms with Gasteiger partial charge in [0.1, 0.15) is 5.75 Å². The van der Waals surface area contributed by atoms with Crippen molar-refractivity contribution in [1.82, 2.24) is 0 Å². The van der Waals surface area contributed by atoms with Gasteiger partial charge in [0.2, 0.25) is 0 Å². The number of nitro groups is 1. The molecule has 0 saturated heterocycles. The fourth-order valence-corrected chi connectivity index (χ4v) is 2.27. The van der Waals surface area contributed by atoms with Gasteiger partial charge < -0.3 is 10.1 Å². The van der Waals surface area contributed by atoms with E-state index in [-0.39, 0.29) is 10.6 Å². The normalized spacial score (nSPS) is 10.2. The van der Waals surface area contributed by atoms with E-state index in [4.69, 9.17) is 16.3 Å². The summed E-state index contributed by atoms with van der Waals surface area (Å²) in [6.45, 7) is 2.29. The van der Waals surface area contributed by atoms with Crippen molar-refractivity contribution in [1.29, 1.82) is 0 Å². The van der Waals surface area contributed by atoms with E-state index >= 15 is 0 Å². The summed E-state index contributed by atoms with van der Waals surface area (Å²) in [5, 5.41) is 14.5. The van der Waals surface area contributed by atoms with E-state index in [9.17, 15) is 10.1 Å². The van der Waals surface area contributed by atoms with Crippen molar-refractivity contribution in [3.05, 3.63) is 62.7 Å². The van der Waals surface area contributed by atoms with E-state index in [0.717, 1.165) is 11.3 Å². The quantitative estimate of drug-likeness (QED) is 0.665. The Labute approximate surface area is 127 Å². The second kappa shape index (κ2) is 6.45. The smallest absolute Gasteiger partial charge is 0.272 e. The highest BCUT2D eigenvalue weighted by Crippen LogP contribution is 2.26. The Morgan fingerprint density at radius 1 is 1.29 bits per heavy atom. The van der Waals surface area contributed by atoms with Crippen LogP contribution in [0.1, 0.15) is 11.1 Å². The van der Waals surface area contributed by atoms with Gasteiger partial charge >= 0.3 is 0 Å². The van der Waals surface area contributed by atoms with E-state index in [1.54, 1.807) is 32.2 Å². The first-order chi connectivity index (χ1) is 10.0. The zero-order valence-corrected chi connectivity index (χ0v) is 12.5. The van der Waals surface area contributed by atoms with Crippen molar-refractivity contribution in [2.24, 2.45) is 0 Å². The number of nitrogens with zero attached hydrogens (tertiary/aromatic N) is 1. The van der Waals surface area contributed by atoms with Gasteiger partial charge in [0, 0.05) is 23.9 Å². The standard InChI is InChI=1S/C15H15ClN2O3/c1-10-7-12(4-5-14(10)18(19)20)17-9-11-3-6-15(21-2)13(16)8-11/h3-8,17H,9H2,1-2H3. The highest BCUT2D eigenvalue weighted by molar-refractivity contribution is 6.32. The van der Waals surface area contributed by atoms with Crippen LogP contribution in [0.2, 0.25) is 5.02 Å². The lowest BCUT2D eigenvalue weighted by Gasteiger charge is -2.09. The molecule has 21 heavy (non-hydrogen) atoms. The summed E-state index contributed by atoms with van der Waals surface area (Å²) >= 11 is 6.06. The number of nitro benzene ring substituents is 1. The van der Waals surface area contributed by atoms with E-state index in [1.165, 1.54) is 6.07 Å². The number of nitrogens with one attached hydrogen (secondary N) is 1. The van der Waals surface area contributed by atoms with Crippen LogP contribution in [0, 0.1) is 17.0 Å². The van der Waals surface area contributed by atoms with Crippen molar-refractivity contribution in [2.75, 3.05) is 12.4 Å². The Balaban J connectivity index is 2.08. The summed E-state index contributed by atoms with van der Waals surface area (Å²) in [6.07, 6.45) is 0. The van der Waals surface area contributed by atoms with Gasteiger partial charge in [-0.3, -0.25) is 10.1 Å². The van der Waals surface area contributed by atoms with E-state index in [1.807, 2.05) is 12.1 Å². The third-order valence-electron chi connectivity index (χ3n) is 3.11. The molecular formula is C15H15ClN2O3. The first kappa shape index (κ1) is 15.1. The van der Waals surface area contributed by atoms with Crippen molar-refractivity contribution >= 4 is 23.0 Å². The van der Waals surface area contributed by atoms with Crippen molar-refractivity contribution in [3.63, 3.8) is 0 Å². The average molecular weight is 307 g/mol. The molecule has 0 aliphatic rings. The van der Waals surface area contributed by atoms with Crippen molar-refractivity contribution < 1.29 is 9.66 Å². The maximum absolute atomic E-state index is 10.8. The lowest BCUT2D eigenvalue weighted by atomic mass is 10.1. The highest BCUT2D eigenvalue weighted by Gasteiger charge is 2.10. The molecule has 0 saturated carbocycles.